The summed E-state index contributed by atoms with van der Waals surface area (Å²) in [5, 5.41) is 0. The highest BCUT2D eigenvalue weighted by Gasteiger charge is 2.20. The minimum atomic E-state index is -0.330. The van der Waals surface area contributed by atoms with Gasteiger partial charge in [-0.15, -0.1) is 0 Å². The van der Waals surface area contributed by atoms with Crippen LogP contribution in [-0.2, 0) is 0 Å². The van der Waals surface area contributed by atoms with Crippen LogP contribution in [0.5, 0.6) is 11.8 Å². The average Bonchev–Trinajstić information content (AvgIpc) is 2.39. The summed E-state index contributed by atoms with van der Waals surface area (Å²) in [6, 6.07) is 4.05. The minimum absolute atomic E-state index is 0.330. The van der Waals surface area contributed by atoms with E-state index in [-0.39, 0.29) is 5.60 Å². The molecule has 5 nitrogen and oxygen atoms in total. The molecule has 21 heavy (non-hydrogen) atoms. The number of nitrogen functional groups attached to an aromatic ring is 1. The molecule has 1 aliphatic heterocycles. The zero-order valence-corrected chi connectivity index (χ0v) is 13.6. The molecule has 118 valence electrons. The lowest BCUT2D eigenvalue weighted by molar-refractivity contribution is 0.113. The van der Waals surface area contributed by atoms with Crippen LogP contribution in [0.4, 0.5) is 5.69 Å². The Morgan fingerprint density at radius 3 is 2.76 bits per heavy atom. The minimum Gasteiger partial charge on any atom is -0.476 e. The van der Waals surface area contributed by atoms with E-state index in [1.807, 2.05) is 20.8 Å². The van der Waals surface area contributed by atoms with Gasteiger partial charge in [0.1, 0.15) is 12.2 Å². The Morgan fingerprint density at radius 2 is 2.10 bits per heavy atom. The third-order valence-electron chi connectivity index (χ3n) is 3.61. The molecule has 2 heterocycles. The van der Waals surface area contributed by atoms with Gasteiger partial charge in [0, 0.05) is 12.1 Å². The molecule has 1 aliphatic rings. The van der Waals surface area contributed by atoms with Crippen molar-refractivity contribution < 1.29 is 9.47 Å². The molecule has 0 saturated carbocycles. The van der Waals surface area contributed by atoms with Crippen molar-refractivity contribution in [1.29, 1.82) is 0 Å². The monoisotopic (exact) mass is 293 g/mol. The van der Waals surface area contributed by atoms with E-state index in [0.717, 1.165) is 6.54 Å². The number of nitrogens with two attached hydrogens (primary N) is 1. The standard InChI is InChI=1S/C16H27N3O2/c1-16(2,3)21-15-13(17)8-9-14(18-15)20-11-12-7-5-6-10-19(12)4/h8-9,12H,5-7,10-11,17H2,1-4H3. The van der Waals surface area contributed by atoms with E-state index in [4.69, 9.17) is 15.2 Å². The number of likely N-dealkylation sites (N-methyl/N-ethyl adjacent to an activating group) is 1. The summed E-state index contributed by atoms with van der Waals surface area (Å²) in [5.74, 6) is 1.01. The lowest BCUT2D eigenvalue weighted by Crippen LogP contribution is -2.40. The number of hydrogen-bond donors (Lipinski definition) is 1. The molecule has 5 heteroatoms. The first-order valence-electron chi connectivity index (χ1n) is 7.64. The van der Waals surface area contributed by atoms with Gasteiger partial charge in [0.2, 0.25) is 11.8 Å². The Hall–Kier alpha value is -1.49. The van der Waals surface area contributed by atoms with E-state index >= 15 is 0 Å². The van der Waals surface area contributed by atoms with Crippen molar-refractivity contribution in [2.24, 2.45) is 0 Å². The number of hydrogen-bond acceptors (Lipinski definition) is 5. The van der Waals surface area contributed by atoms with Gasteiger partial charge in [0.15, 0.2) is 0 Å². The van der Waals surface area contributed by atoms with Crippen LogP contribution in [0.2, 0.25) is 0 Å². The summed E-state index contributed by atoms with van der Waals surface area (Å²) in [6.07, 6.45) is 3.72. The highest BCUT2D eigenvalue weighted by molar-refractivity contribution is 5.49. The molecule has 0 spiro atoms. The maximum atomic E-state index is 5.91. The van der Waals surface area contributed by atoms with Gasteiger partial charge >= 0.3 is 0 Å². The number of pyridine rings is 1. The Bertz CT molecular complexity index is 471. The second kappa shape index (κ2) is 6.52. The first kappa shape index (κ1) is 15.9. The predicted octanol–water partition coefficient (Wildman–Crippen LogP) is 2.70. The lowest BCUT2D eigenvalue weighted by atomic mass is 10.0. The van der Waals surface area contributed by atoms with E-state index in [9.17, 15) is 0 Å². The third kappa shape index (κ3) is 4.77. The quantitative estimate of drug-likeness (QED) is 0.925. The normalized spacial score (nSPS) is 20.3. The van der Waals surface area contributed by atoms with Gasteiger partial charge < -0.3 is 20.1 Å². The Labute approximate surface area is 127 Å². The Balaban J connectivity index is 1.98. The Kier molecular flexibility index (Phi) is 4.93. The maximum Gasteiger partial charge on any atom is 0.241 e. The van der Waals surface area contributed by atoms with Crippen LogP contribution in [0.3, 0.4) is 0 Å². The second-order valence-electron chi connectivity index (χ2n) is 6.70. The molecule has 1 aromatic heterocycles. The largest absolute Gasteiger partial charge is 0.476 e. The van der Waals surface area contributed by atoms with Gasteiger partial charge in [-0.3, -0.25) is 0 Å². The molecule has 2 rings (SSSR count). The zero-order chi connectivity index (χ0) is 15.5. The smallest absolute Gasteiger partial charge is 0.241 e. The predicted molar refractivity (Wildman–Crippen MR) is 84.8 cm³/mol. The molecule has 0 aliphatic carbocycles. The van der Waals surface area contributed by atoms with Gasteiger partial charge in [-0.25, -0.2) is 0 Å². The van der Waals surface area contributed by atoms with Crippen LogP contribution in [0.1, 0.15) is 40.0 Å². The summed E-state index contributed by atoms with van der Waals surface area (Å²) in [7, 11) is 2.15. The number of aromatic nitrogens is 1. The first-order chi connectivity index (χ1) is 9.85. The van der Waals surface area contributed by atoms with Gasteiger partial charge in [0.25, 0.3) is 0 Å². The molecule has 0 radical (unpaired) electrons. The van der Waals surface area contributed by atoms with E-state index in [1.54, 1.807) is 12.1 Å². The number of rotatable bonds is 4. The average molecular weight is 293 g/mol. The van der Waals surface area contributed by atoms with Crippen molar-refractivity contribution in [3.8, 4) is 11.8 Å². The topological polar surface area (TPSA) is 60.6 Å². The summed E-state index contributed by atoms with van der Waals surface area (Å²) in [4.78, 5) is 6.73. The molecular weight excluding hydrogens is 266 g/mol. The fraction of sp³-hybridized carbons (Fsp3) is 0.688. The SMILES string of the molecule is CN1CCCCC1COc1ccc(N)c(OC(C)(C)C)n1. The van der Waals surface area contributed by atoms with Crippen molar-refractivity contribution >= 4 is 5.69 Å². The fourth-order valence-corrected chi connectivity index (χ4v) is 2.42. The summed E-state index contributed by atoms with van der Waals surface area (Å²) >= 11 is 0. The number of ether oxygens (including phenoxy) is 2. The van der Waals surface area contributed by atoms with Gasteiger partial charge in [-0.05, 0) is 53.3 Å². The lowest BCUT2D eigenvalue weighted by Gasteiger charge is -2.32. The molecule has 0 aromatic carbocycles. The van der Waals surface area contributed by atoms with Crippen molar-refractivity contribution in [2.75, 3.05) is 25.9 Å². The molecule has 1 saturated heterocycles. The van der Waals surface area contributed by atoms with Crippen LogP contribution in [-0.4, -0.2) is 41.7 Å². The van der Waals surface area contributed by atoms with Crippen molar-refractivity contribution in [2.45, 2.75) is 51.7 Å². The molecule has 2 N–H and O–H groups in total. The fourth-order valence-electron chi connectivity index (χ4n) is 2.42. The Morgan fingerprint density at radius 1 is 1.33 bits per heavy atom. The van der Waals surface area contributed by atoms with E-state index < -0.39 is 0 Å². The van der Waals surface area contributed by atoms with Crippen LogP contribution in [0.25, 0.3) is 0 Å². The number of nitrogens with zero attached hydrogens (tertiary/aromatic N) is 2. The van der Waals surface area contributed by atoms with E-state index in [0.29, 0.717) is 30.1 Å². The second-order valence-corrected chi connectivity index (χ2v) is 6.70. The van der Waals surface area contributed by atoms with Crippen LogP contribution >= 0.6 is 0 Å². The van der Waals surface area contributed by atoms with Crippen molar-refractivity contribution in [1.82, 2.24) is 9.88 Å². The zero-order valence-electron chi connectivity index (χ0n) is 13.6. The van der Waals surface area contributed by atoms with Crippen molar-refractivity contribution in [3.63, 3.8) is 0 Å². The van der Waals surface area contributed by atoms with Gasteiger partial charge in [-0.2, -0.15) is 4.98 Å². The molecule has 1 fully saturated rings. The maximum absolute atomic E-state index is 5.91. The van der Waals surface area contributed by atoms with Gasteiger partial charge in [0.05, 0.1) is 5.69 Å². The van der Waals surface area contributed by atoms with Gasteiger partial charge in [-0.1, -0.05) is 6.42 Å². The summed E-state index contributed by atoms with van der Waals surface area (Å²) < 4.78 is 11.6. The summed E-state index contributed by atoms with van der Waals surface area (Å²) in [5.41, 5.74) is 6.11. The van der Waals surface area contributed by atoms with E-state index in [2.05, 4.69) is 16.9 Å². The van der Waals surface area contributed by atoms with Crippen LogP contribution in [0, 0.1) is 0 Å². The molecule has 1 aromatic rings. The number of piperidine rings is 1. The van der Waals surface area contributed by atoms with Crippen LogP contribution in [0.15, 0.2) is 12.1 Å². The highest BCUT2D eigenvalue weighted by Crippen LogP contribution is 2.26. The third-order valence-corrected chi connectivity index (χ3v) is 3.61. The highest BCUT2D eigenvalue weighted by atomic mass is 16.5. The number of likely N-dealkylation sites (tertiary alicyclic amines) is 1. The molecule has 1 atom stereocenters. The first-order valence-corrected chi connectivity index (χ1v) is 7.64. The van der Waals surface area contributed by atoms with E-state index in [1.165, 1.54) is 19.3 Å². The number of anilines is 1. The summed E-state index contributed by atoms with van der Waals surface area (Å²) in [6.45, 7) is 7.71. The van der Waals surface area contributed by atoms with Crippen LogP contribution < -0.4 is 15.2 Å². The molecule has 0 bridgehead atoms. The molecular formula is C16H27N3O2. The molecule has 0 amide bonds. The van der Waals surface area contributed by atoms with Crippen molar-refractivity contribution in [3.05, 3.63) is 12.1 Å². The molecule has 1 unspecified atom stereocenters.